The normalized spacial score (nSPS) is 30.2. The van der Waals surface area contributed by atoms with Crippen molar-refractivity contribution in [3.8, 4) is 17.1 Å². The van der Waals surface area contributed by atoms with Gasteiger partial charge in [0.15, 0.2) is 0 Å². The molecule has 0 saturated heterocycles. The first-order valence-corrected chi connectivity index (χ1v) is 10.3. The van der Waals surface area contributed by atoms with E-state index in [0.717, 1.165) is 0 Å². The molecule has 1 aliphatic carbocycles. The standard InChI is InChI=1S/C23H27NO6/c1-12(2)15-8-16-21(26)20-18(30-23(16,4)19(9-15)28-13(3)25)10-17(29-22(20)27)14-6-5-7-24-11-14/h5-7,10-12,15-16,19,21,26H,8-9H2,1-4H3/t15-,16-,19-,21-,23-/m0/s1. The third kappa shape index (κ3) is 3.41. The van der Waals surface area contributed by atoms with Crippen molar-refractivity contribution < 1.29 is 23.8 Å². The predicted octanol–water partition coefficient (Wildman–Crippen LogP) is 3.50. The SMILES string of the molecule is CC(=O)O[C@H]1C[C@@H](C(C)C)C[C@H]2[C@H](O)c3c(cc(-c4cccnc4)oc3=O)O[C@]12C. The lowest BCUT2D eigenvalue weighted by molar-refractivity contribution is -0.194. The minimum atomic E-state index is -1.07. The zero-order valence-electron chi connectivity index (χ0n) is 17.6. The molecule has 7 nitrogen and oxygen atoms in total. The maximum Gasteiger partial charge on any atom is 0.345 e. The Hall–Kier alpha value is -2.67. The molecule has 3 heterocycles. The Bertz CT molecular complexity index is 1000. The second-order valence-electron chi connectivity index (χ2n) is 8.83. The van der Waals surface area contributed by atoms with E-state index in [2.05, 4.69) is 18.8 Å². The molecule has 1 N–H and O–H groups in total. The van der Waals surface area contributed by atoms with Gasteiger partial charge in [-0.3, -0.25) is 9.78 Å². The Labute approximate surface area is 175 Å². The second kappa shape index (κ2) is 7.54. The van der Waals surface area contributed by atoms with Crippen LogP contribution in [0.5, 0.6) is 5.75 Å². The van der Waals surface area contributed by atoms with Crippen molar-refractivity contribution in [1.82, 2.24) is 4.98 Å². The molecular formula is C23H27NO6. The second-order valence-corrected chi connectivity index (χ2v) is 8.83. The first-order valence-electron chi connectivity index (χ1n) is 10.3. The molecule has 0 unspecified atom stereocenters. The fourth-order valence-corrected chi connectivity index (χ4v) is 4.82. The molecule has 2 aromatic heterocycles. The van der Waals surface area contributed by atoms with Crippen LogP contribution in [-0.4, -0.2) is 27.8 Å². The Morgan fingerprint density at radius 1 is 1.37 bits per heavy atom. The van der Waals surface area contributed by atoms with Crippen LogP contribution in [0.3, 0.4) is 0 Å². The van der Waals surface area contributed by atoms with Crippen molar-refractivity contribution in [2.45, 2.75) is 58.3 Å². The number of nitrogens with zero attached hydrogens (tertiary/aromatic N) is 1. The van der Waals surface area contributed by atoms with Crippen molar-refractivity contribution in [1.29, 1.82) is 0 Å². The molecule has 0 spiro atoms. The number of aromatic nitrogens is 1. The van der Waals surface area contributed by atoms with E-state index < -0.39 is 35.3 Å². The number of carbonyl (C=O) groups is 1. The third-order valence-electron chi connectivity index (χ3n) is 6.60. The van der Waals surface area contributed by atoms with E-state index in [1.54, 1.807) is 30.6 Å². The summed E-state index contributed by atoms with van der Waals surface area (Å²) in [6.07, 6.45) is 2.92. The summed E-state index contributed by atoms with van der Waals surface area (Å²) in [5, 5.41) is 11.2. The molecule has 4 rings (SSSR count). The van der Waals surface area contributed by atoms with Gasteiger partial charge in [-0.05, 0) is 43.7 Å². The molecule has 2 aliphatic rings. The van der Waals surface area contributed by atoms with Crippen LogP contribution >= 0.6 is 0 Å². The van der Waals surface area contributed by atoms with Gasteiger partial charge in [0.2, 0.25) is 0 Å². The minimum absolute atomic E-state index is 0.121. The van der Waals surface area contributed by atoms with Crippen LogP contribution in [0.15, 0.2) is 39.8 Å². The van der Waals surface area contributed by atoms with Crippen molar-refractivity contribution >= 4 is 5.97 Å². The Balaban J connectivity index is 1.81. The summed E-state index contributed by atoms with van der Waals surface area (Å²) in [5.74, 6) is 0.344. The van der Waals surface area contributed by atoms with Crippen molar-refractivity contribution in [2.24, 2.45) is 17.8 Å². The first kappa shape index (κ1) is 20.6. The molecule has 0 radical (unpaired) electrons. The topological polar surface area (TPSA) is 98.9 Å². The van der Waals surface area contributed by atoms with Gasteiger partial charge in [0.1, 0.15) is 28.8 Å². The number of ether oxygens (including phenoxy) is 2. The number of rotatable bonds is 3. The van der Waals surface area contributed by atoms with Crippen LogP contribution in [0.1, 0.15) is 52.2 Å². The van der Waals surface area contributed by atoms with E-state index in [4.69, 9.17) is 13.9 Å². The molecule has 1 saturated carbocycles. The summed E-state index contributed by atoms with van der Waals surface area (Å²) >= 11 is 0. The first-order chi connectivity index (χ1) is 14.2. The number of pyridine rings is 1. The van der Waals surface area contributed by atoms with Crippen LogP contribution in [0.4, 0.5) is 0 Å². The molecule has 0 bridgehead atoms. The van der Waals surface area contributed by atoms with Crippen molar-refractivity contribution in [2.75, 3.05) is 0 Å². The summed E-state index contributed by atoms with van der Waals surface area (Å²) in [4.78, 5) is 28.7. The number of aliphatic hydroxyl groups is 1. The van der Waals surface area contributed by atoms with Gasteiger partial charge in [0.05, 0.1) is 6.10 Å². The quantitative estimate of drug-likeness (QED) is 0.769. The summed E-state index contributed by atoms with van der Waals surface area (Å²) in [5.41, 5.74) is -0.834. The molecule has 0 amide bonds. The molecule has 5 atom stereocenters. The summed E-state index contributed by atoms with van der Waals surface area (Å²) in [6.45, 7) is 7.44. The lowest BCUT2D eigenvalue weighted by Gasteiger charge is -2.53. The summed E-state index contributed by atoms with van der Waals surface area (Å²) in [7, 11) is 0. The molecule has 0 aromatic carbocycles. The molecular weight excluding hydrogens is 386 g/mol. The number of aliphatic hydroxyl groups excluding tert-OH is 1. The smallest absolute Gasteiger partial charge is 0.345 e. The third-order valence-corrected chi connectivity index (χ3v) is 6.60. The molecule has 1 aliphatic heterocycles. The summed E-state index contributed by atoms with van der Waals surface area (Å²) < 4.78 is 17.5. The maximum absolute atomic E-state index is 12.8. The van der Waals surface area contributed by atoms with Gasteiger partial charge in [-0.15, -0.1) is 0 Å². The van der Waals surface area contributed by atoms with Crippen LogP contribution in [0.2, 0.25) is 0 Å². The van der Waals surface area contributed by atoms with E-state index >= 15 is 0 Å². The van der Waals surface area contributed by atoms with Gasteiger partial charge in [-0.2, -0.15) is 0 Å². The zero-order chi connectivity index (χ0) is 21.6. The van der Waals surface area contributed by atoms with Gasteiger partial charge < -0.3 is 19.0 Å². The van der Waals surface area contributed by atoms with E-state index in [0.29, 0.717) is 30.1 Å². The highest BCUT2D eigenvalue weighted by Gasteiger charge is 2.57. The monoisotopic (exact) mass is 413 g/mol. The van der Waals surface area contributed by atoms with E-state index in [-0.39, 0.29) is 17.2 Å². The molecule has 160 valence electrons. The zero-order valence-corrected chi connectivity index (χ0v) is 17.6. The molecule has 1 fully saturated rings. The maximum atomic E-state index is 12.8. The van der Waals surface area contributed by atoms with Crippen LogP contribution in [0, 0.1) is 17.8 Å². The van der Waals surface area contributed by atoms with Gasteiger partial charge >= 0.3 is 11.6 Å². The Kier molecular flexibility index (Phi) is 5.18. The summed E-state index contributed by atoms with van der Waals surface area (Å²) in [6, 6.07) is 5.13. The van der Waals surface area contributed by atoms with Crippen LogP contribution in [-0.2, 0) is 9.53 Å². The largest absolute Gasteiger partial charge is 0.482 e. The predicted molar refractivity (Wildman–Crippen MR) is 109 cm³/mol. The van der Waals surface area contributed by atoms with Gasteiger partial charge in [-0.25, -0.2) is 4.79 Å². The average Bonchev–Trinajstić information content (AvgIpc) is 2.68. The van der Waals surface area contributed by atoms with Gasteiger partial charge in [-0.1, -0.05) is 13.8 Å². The molecule has 30 heavy (non-hydrogen) atoms. The molecule has 2 aromatic rings. The van der Waals surface area contributed by atoms with Gasteiger partial charge in [0, 0.05) is 36.9 Å². The number of carbonyl (C=O) groups excluding carboxylic acids is 1. The minimum Gasteiger partial charge on any atom is -0.482 e. The highest BCUT2D eigenvalue weighted by Crippen LogP contribution is 2.53. The van der Waals surface area contributed by atoms with E-state index in [1.807, 2.05) is 6.92 Å². The highest BCUT2D eigenvalue weighted by molar-refractivity contribution is 5.66. The molecule has 7 heteroatoms. The fourth-order valence-electron chi connectivity index (χ4n) is 4.82. The number of fused-ring (bicyclic) bond motifs is 2. The lowest BCUT2D eigenvalue weighted by atomic mass is 9.63. The lowest BCUT2D eigenvalue weighted by Crippen LogP contribution is -2.61. The highest BCUT2D eigenvalue weighted by atomic mass is 16.6. The van der Waals surface area contributed by atoms with E-state index in [1.165, 1.54) is 6.92 Å². The number of hydrogen-bond acceptors (Lipinski definition) is 7. The van der Waals surface area contributed by atoms with Crippen LogP contribution < -0.4 is 10.4 Å². The van der Waals surface area contributed by atoms with Crippen LogP contribution in [0.25, 0.3) is 11.3 Å². The Morgan fingerprint density at radius 2 is 2.13 bits per heavy atom. The van der Waals surface area contributed by atoms with Crippen molar-refractivity contribution in [3.05, 3.63) is 46.6 Å². The van der Waals surface area contributed by atoms with E-state index in [9.17, 15) is 14.7 Å². The average molecular weight is 413 g/mol. The number of esters is 1. The van der Waals surface area contributed by atoms with Crippen molar-refractivity contribution in [3.63, 3.8) is 0 Å². The Morgan fingerprint density at radius 3 is 2.77 bits per heavy atom. The fraction of sp³-hybridized carbons (Fsp3) is 0.522. The number of hydrogen-bond donors (Lipinski definition) is 1. The van der Waals surface area contributed by atoms with Gasteiger partial charge in [0.25, 0.3) is 0 Å².